The summed E-state index contributed by atoms with van der Waals surface area (Å²) in [6.45, 7) is 2.25. The summed E-state index contributed by atoms with van der Waals surface area (Å²) in [6.07, 6.45) is 0. The summed E-state index contributed by atoms with van der Waals surface area (Å²) in [6, 6.07) is 0. The maximum absolute atomic E-state index is 10.9. The van der Waals surface area contributed by atoms with Crippen LogP contribution in [0.1, 0.15) is 13.8 Å². The summed E-state index contributed by atoms with van der Waals surface area (Å²) < 4.78 is 4.74. The average Bonchev–Trinajstić information content (AvgIpc) is 2.02. The molecule has 0 unspecified atom stereocenters. The molecule has 0 heterocycles. The van der Waals surface area contributed by atoms with Crippen LogP contribution in [-0.2, 0) is 14.3 Å². The van der Waals surface area contributed by atoms with Gasteiger partial charge in [-0.1, -0.05) is 15.9 Å². The number of aliphatic hydroxyl groups excluding tert-OH is 1. The zero-order valence-corrected chi connectivity index (χ0v) is 8.55. The maximum Gasteiger partial charge on any atom is 0.317 e. The Bertz CT molecular complexity index is 188. The van der Waals surface area contributed by atoms with E-state index >= 15 is 0 Å². The van der Waals surface area contributed by atoms with Crippen molar-refractivity contribution in [3.63, 3.8) is 0 Å². The Labute approximate surface area is 79.0 Å². The molecule has 5 heteroatoms. The van der Waals surface area contributed by atoms with Crippen molar-refractivity contribution in [3.05, 3.63) is 0 Å². The van der Waals surface area contributed by atoms with Crippen LogP contribution in [0.2, 0.25) is 0 Å². The highest BCUT2D eigenvalue weighted by Crippen LogP contribution is 2.11. The fraction of sp³-hybridized carbons (Fsp3) is 0.714. The number of hydrogen-bond donors (Lipinski definition) is 1. The predicted octanol–water partition coefficient (Wildman–Crippen LogP) is 0.265. The molecule has 0 aliphatic carbocycles. The molecule has 4 nitrogen and oxygen atoms in total. The molecule has 12 heavy (non-hydrogen) atoms. The van der Waals surface area contributed by atoms with Crippen LogP contribution < -0.4 is 0 Å². The first-order valence-corrected chi connectivity index (χ1v) is 4.48. The van der Waals surface area contributed by atoms with Crippen molar-refractivity contribution in [2.45, 2.75) is 19.4 Å². The number of Topliss-reactive ketones (excluding diaryl/α,β-unsaturated/α-hetero) is 1. The van der Waals surface area contributed by atoms with Crippen molar-refractivity contribution in [3.8, 4) is 0 Å². The van der Waals surface area contributed by atoms with Crippen molar-refractivity contribution in [1.82, 2.24) is 0 Å². The molecule has 0 aliphatic heterocycles. The van der Waals surface area contributed by atoms with Crippen LogP contribution in [0.3, 0.4) is 0 Å². The number of hydrogen-bond acceptors (Lipinski definition) is 4. The Kier molecular flexibility index (Phi) is 4.41. The summed E-state index contributed by atoms with van der Waals surface area (Å²) in [5, 5.41) is 8.54. The normalized spacial score (nSPS) is 11.0. The second-order valence-electron chi connectivity index (χ2n) is 2.70. The van der Waals surface area contributed by atoms with Gasteiger partial charge in [0.1, 0.15) is 11.9 Å². The van der Waals surface area contributed by atoms with E-state index < -0.39 is 24.0 Å². The predicted molar refractivity (Wildman–Crippen MR) is 46.1 cm³/mol. The molecular formula is C7H11BrO4. The summed E-state index contributed by atoms with van der Waals surface area (Å²) in [7, 11) is 0. The Balaban J connectivity index is 4.21. The third-order valence-corrected chi connectivity index (χ3v) is 1.75. The van der Waals surface area contributed by atoms with Gasteiger partial charge >= 0.3 is 5.97 Å². The van der Waals surface area contributed by atoms with E-state index in [1.165, 1.54) is 13.8 Å². The van der Waals surface area contributed by atoms with Gasteiger partial charge in [-0.05, 0) is 13.8 Å². The lowest BCUT2D eigenvalue weighted by Gasteiger charge is -2.21. The van der Waals surface area contributed by atoms with Crippen LogP contribution in [0.5, 0.6) is 0 Å². The third-order valence-electron chi connectivity index (χ3n) is 1.29. The average molecular weight is 239 g/mol. The molecule has 0 aromatic rings. The van der Waals surface area contributed by atoms with Crippen LogP contribution in [-0.4, -0.2) is 34.4 Å². The minimum absolute atomic E-state index is 0.0368. The standard InChI is InChI=1S/C7H11BrO4/c1-7(2,5(10)4-9)12-6(11)3-8/h9H,3-4H2,1-2H3. The van der Waals surface area contributed by atoms with Gasteiger partial charge < -0.3 is 9.84 Å². The van der Waals surface area contributed by atoms with Gasteiger partial charge in [-0.15, -0.1) is 0 Å². The summed E-state index contributed by atoms with van der Waals surface area (Å²) in [5.74, 6) is -1.04. The molecule has 0 aliphatic rings. The molecule has 0 aromatic heterocycles. The number of esters is 1. The van der Waals surface area contributed by atoms with Crippen molar-refractivity contribution in [1.29, 1.82) is 0 Å². The number of ketones is 1. The number of rotatable bonds is 4. The van der Waals surface area contributed by atoms with E-state index in [4.69, 9.17) is 9.84 Å². The fourth-order valence-corrected chi connectivity index (χ4v) is 0.674. The zero-order chi connectivity index (χ0) is 9.78. The van der Waals surface area contributed by atoms with Gasteiger partial charge in [0.05, 0.1) is 0 Å². The summed E-state index contributed by atoms with van der Waals surface area (Å²) in [5.41, 5.74) is -1.24. The van der Waals surface area contributed by atoms with Crippen LogP contribution in [0.25, 0.3) is 0 Å². The van der Waals surface area contributed by atoms with E-state index in [0.717, 1.165) is 0 Å². The molecule has 1 N–H and O–H groups in total. The van der Waals surface area contributed by atoms with Gasteiger partial charge in [-0.2, -0.15) is 0 Å². The number of carbonyl (C=O) groups excluding carboxylic acids is 2. The largest absolute Gasteiger partial charge is 0.451 e. The number of carbonyl (C=O) groups is 2. The molecule has 0 aromatic carbocycles. The second kappa shape index (κ2) is 4.57. The first kappa shape index (κ1) is 11.6. The lowest BCUT2D eigenvalue weighted by atomic mass is 10.0. The summed E-state index contributed by atoms with van der Waals surface area (Å²) >= 11 is 2.89. The van der Waals surface area contributed by atoms with Crippen LogP contribution in [0.15, 0.2) is 0 Å². The zero-order valence-electron chi connectivity index (χ0n) is 6.96. The highest BCUT2D eigenvalue weighted by molar-refractivity contribution is 9.09. The number of alkyl halides is 1. The van der Waals surface area contributed by atoms with Gasteiger partial charge in [-0.3, -0.25) is 9.59 Å². The molecule has 0 rings (SSSR count). The molecule has 0 spiro atoms. The Morgan fingerprint density at radius 3 is 2.33 bits per heavy atom. The minimum atomic E-state index is -1.24. The highest BCUT2D eigenvalue weighted by Gasteiger charge is 2.30. The lowest BCUT2D eigenvalue weighted by Crippen LogP contribution is -2.39. The monoisotopic (exact) mass is 238 g/mol. The molecular weight excluding hydrogens is 228 g/mol. The van der Waals surface area contributed by atoms with Gasteiger partial charge in [0.15, 0.2) is 5.60 Å². The molecule has 0 saturated heterocycles. The molecule has 70 valence electrons. The van der Waals surface area contributed by atoms with Crippen LogP contribution >= 0.6 is 15.9 Å². The fourth-order valence-electron chi connectivity index (χ4n) is 0.559. The van der Waals surface area contributed by atoms with E-state index in [-0.39, 0.29) is 5.33 Å². The second-order valence-corrected chi connectivity index (χ2v) is 3.26. The topological polar surface area (TPSA) is 63.6 Å². The Morgan fingerprint density at radius 2 is 2.00 bits per heavy atom. The molecule has 0 fully saturated rings. The van der Waals surface area contributed by atoms with Crippen molar-refractivity contribution < 1.29 is 19.4 Å². The first-order chi connectivity index (χ1) is 5.44. The SMILES string of the molecule is CC(C)(OC(=O)CBr)C(=O)CO. The maximum atomic E-state index is 10.9. The Hall–Kier alpha value is -0.420. The van der Waals surface area contributed by atoms with E-state index in [9.17, 15) is 9.59 Å². The first-order valence-electron chi connectivity index (χ1n) is 3.36. The van der Waals surface area contributed by atoms with E-state index in [1.807, 2.05) is 0 Å². The van der Waals surface area contributed by atoms with Gasteiger partial charge in [0.25, 0.3) is 0 Å². The molecule has 0 radical (unpaired) electrons. The van der Waals surface area contributed by atoms with Crippen molar-refractivity contribution >= 4 is 27.7 Å². The van der Waals surface area contributed by atoms with E-state index in [2.05, 4.69) is 15.9 Å². The van der Waals surface area contributed by atoms with Crippen molar-refractivity contribution in [2.75, 3.05) is 11.9 Å². The quantitative estimate of drug-likeness (QED) is 0.564. The smallest absolute Gasteiger partial charge is 0.317 e. The van der Waals surface area contributed by atoms with Gasteiger partial charge in [-0.25, -0.2) is 0 Å². The number of halogens is 1. The van der Waals surface area contributed by atoms with Gasteiger partial charge in [0, 0.05) is 0 Å². The number of ether oxygens (including phenoxy) is 1. The van der Waals surface area contributed by atoms with Crippen molar-refractivity contribution in [2.24, 2.45) is 0 Å². The van der Waals surface area contributed by atoms with E-state index in [0.29, 0.717) is 0 Å². The molecule has 0 amide bonds. The van der Waals surface area contributed by atoms with Gasteiger partial charge in [0.2, 0.25) is 5.78 Å². The molecule has 0 atom stereocenters. The summed E-state index contributed by atoms with van der Waals surface area (Å²) in [4.78, 5) is 21.7. The van der Waals surface area contributed by atoms with Crippen LogP contribution in [0, 0.1) is 0 Å². The molecule has 0 bridgehead atoms. The lowest BCUT2D eigenvalue weighted by molar-refractivity contribution is -0.162. The van der Waals surface area contributed by atoms with Crippen LogP contribution in [0.4, 0.5) is 0 Å². The highest BCUT2D eigenvalue weighted by atomic mass is 79.9. The third kappa shape index (κ3) is 3.32. The molecule has 0 saturated carbocycles. The number of aliphatic hydroxyl groups is 1. The van der Waals surface area contributed by atoms with E-state index in [1.54, 1.807) is 0 Å². The minimum Gasteiger partial charge on any atom is -0.451 e. The Morgan fingerprint density at radius 1 is 1.50 bits per heavy atom.